The molecular weight excluding hydrogens is 428 g/mol. The van der Waals surface area contributed by atoms with Gasteiger partial charge in [0.25, 0.3) is 5.91 Å². The van der Waals surface area contributed by atoms with Gasteiger partial charge >= 0.3 is 0 Å². The van der Waals surface area contributed by atoms with Crippen LogP contribution in [-0.2, 0) is 10.0 Å². The summed E-state index contributed by atoms with van der Waals surface area (Å²) >= 11 is 0. The molecule has 32 heavy (non-hydrogen) atoms. The van der Waals surface area contributed by atoms with Crippen molar-refractivity contribution in [3.05, 3.63) is 52.6 Å². The topological polar surface area (TPSA) is 93.7 Å². The van der Waals surface area contributed by atoms with Gasteiger partial charge in [-0.05, 0) is 80.6 Å². The highest BCUT2D eigenvalue weighted by molar-refractivity contribution is 7.89. The Morgan fingerprint density at radius 3 is 2.06 bits per heavy atom. The molecule has 0 aliphatic carbocycles. The molecule has 2 rings (SSSR count). The SMILES string of the molecule is COc1ccc(S(=O)(=O)NC(C)c2cc(C(C)C)c(OC)cc2C)cc1C(=O)NC(C)C. The Labute approximate surface area is 191 Å². The Kier molecular flexibility index (Phi) is 8.31. The van der Waals surface area contributed by atoms with Crippen molar-refractivity contribution in [1.82, 2.24) is 10.0 Å². The van der Waals surface area contributed by atoms with E-state index in [-0.39, 0.29) is 22.4 Å². The summed E-state index contributed by atoms with van der Waals surface area (Å²) in [5.74, 6) is 0.918. The number of sulfonamides is 1. The molecule has 0 saturated carbocycles. The van der Waals surface area contributed by atoms with E-state index in [2.05, 4.69) is 23.9 Å². The molecule has 0 radical (unpaired) electrons. The number of amides is 1. The number of carbonyl (C=O) groups excluding carboxylic acids is 1. The summed E-state index contributed by atoms with van der Waals surface area (Å²) in [5, 5.41) is 2.77. The molecular formula is C24H34N2O5S. The minimum atomic E-state index is -3.90. The first kappa shape index (κ1) is 25.7. The molecule has 0 aliphatic rings. The second-order valence-electron chi connectivity index (χ2n) is 8.44. The normalized spacial score (nSPS) is 12.7. The minimum Gasteiger partial charge on any atom is -0.496 e. The predicted molar refractivity (Wildman–Crippen MR) is 126 cm³/mol. The molecule has 1 unspecified atom stereocenters. The van der Waals surface area contributed by atoms with Crippen molar-refractivity contribution < 1.29 is 22.7 Å². The highest BCUT2D eigenvalue weighted by atomic mass is 32.2. The van der Waals surface area contributed by atoms with Crippen molar-refractivity contribution in [3.8, 4) is 11.5 Å². The number of nitrogens with one attached hydrogen (secondary N) is 2. The van der Waals surface area contributed by atoms with Crippen LogP contribution in [0.3, 0.4) is 0 Å². The molecule has 8 heteroatoms. The number of carbonyl (C=O) groups is 1. The minimum absolute atomic E-state index is 0.00527. The summed E-state index contributed by atoms with van der Waals surface area (Å²) in [6.45, 7) is 11.5. The van der Waals surface area contributed by atoms with E-state index in [4.69, 9.17) is 9.47 Å². The standard InChI is InChI=1S/C24H34N2O5S/c1-14(2)19-13-20(16(5)11-23(19)31-8)17(6)26-32(28,29)18-9-10-22(30-7)21(12-18)24(27)25-15(3)4/h9-15,17,26H,1-8H3,(H,25,27). The van der Waals surface area contributed by atoms with Crippen LogP contribution in [0.25, 0.3) is 0 Å². The lowest BCUT2D eigenvalue weighted by Crippen LogP contribution is -2.31. The second kappa shape index (κ2) is 10.4. The van der Waals surface area contributed by atoms with Crippen LogP contribution in [-0.4, -0.2) is 34.6 Å². The number of methoxy groups -OCH3 is 2. The molecule has 0 fully saturated rings. The molecule has 1 atom stereocenters. The third-order valence-corrected chi connectivity index (χ3v) is 6.72. The van der Waals surface area contributed by atoms with Crippen LogP contribution >= 0.6 is 0 Å². The van der Waals surface area contributed by atoms with E-state index in [0.717, 1.165) is 22.4 Å². The van der Waals surface area contributed by atoms with Crippen LogP contribution in [0, 0.1) is 6.92 Å². The Morgan fingerprint density at radius 2 is 1.53 bits per heavy atom. The van der Waals surface area contributed by atoms with Crippen LogP contribution in [0.4, 0.5) is 0 Å². The lowest BCUT2D eigenvalue weighted by atomic mass is 9.94. The van der Waals surface area contributed by atoms with E-state index in [1.54, 1.807) is 14.0 Å². The molecule has 7 nitrogen and oxygen atoms in total. The van der Waals surface area contributed by atoms with E-state index in [0.29, 0.717) is 5.75 Å². The Bertz CT molecular complexity index is 1080. The highest BCUT2D eigenvalue weighted by Crippen LogP contribution is 2.33. The van der Waals surface area contributed by atoms with Crippen LogP contribution < -0.4 is 19.5 Å². The number of aryl methyl sites for hydroxylation is 1. The predicted octanol–water partition coefficient (Wildman–Crippen LogP) is 4.31. The summed E-state index contributed by atoms with van der Waals surface area (Å²) in [4.78, 5) is 12.5. The van der Waals surface area contributed by atoms with Crippen molar-refractivity contribution in [3.63, 3.8) is 0 Å². The first-order valence-electron chi connectivity index (χ1n) is 10.6. The van der Waals surface area contributed by atoms with Crippen molar-refractivity contribution >= 4 is 15.9 Å². The van der Waals surface area contributed by atoms with Gasteiger partial charge in [0, 0.05) is 12.1 Å². The van der Waals surface area contributed by atoms with Crippen LogP contribution in [0.2, 0.25) is 0 Å². The molecule has 2 N–H and O–H groups in total. The third-order valence-electron chi connectivity index (χ3n) is 5.18. The fourth-order valence-electron chi connectivity index (χ4n) is 3.55. The second-order valence-corrected chi connectivity index (χ2v) is 10.2. The molecule has 1 amide bonds. The van der Waals surface area contributed by atoms with Gasteiger partial charge in [0.1, 0.15) is 11.5 Å². The van der Waals surface area contributed by atoms with Gasteiger partial charge in [0.05, 0.1) is 24.7 Å². The Morgan fingerprint density at radius 1 is 0.906 bits per heavy atom. The average Bonchev–Trinajstić information content (AvgIpc) is 2.71. The van der Waals surface area contributed by atoms with Crippen molar-refractivity contribution in [2.24, 2.45) is 0 Å². The molecule has 0 aliphatic heterocycles. The van der Waals surface area contributed by atoms with Gasteiger partial charge in [0.2, 0.25) is 10.0 Å². The van der Waals surface area contributed by atoms with Crippen LogP contribution in [0.15, 0.2) is 35.2 Å². The summed E-state index contributed by atoms with van der Waals surface area (Å²) in [6.07, 6.45) is 0. The summed E-state index contributed by atoms with van der Waals surface area (Å²) in [5.41, 5.74) is 2.97. The molecule has 0 aromatic heterocycles. The number of hydrogen-bond donors (Lipinski definition) is 2. The maximum atomic E-state index is 13.2. The van der Waals surface area contributed by atoms with E-state index in [1.807, 2.05) is 32.9 Å². The molecule has 0 spiro atoms. The first-order valence-corrected chi connectivity index (χ1v) is 12.1. The fraction of sp³-hybridized carbons (Fsp3) is 0.458. The fourth-order valence-corrected chi connectivity index (χ4v) is 4.79. The van der Waals surface area contributed by atoms with Gasteiger partial charge in [-0.1, -0.05) is 13.8 Å². The Hall–Kier alpha value is -2.58. The maximum absolute atomic E-state index is 13.2. The van der Waals surface area contributed by atoms with E-state index in [9.17, 15) is 13.2 Å². The number of hydrogen-bond acceptors (Lipinski definition) is 5. The molecule has 0 saturated heterocycles. The number of ether oxygens (including phenoxy) is 2. The third kappa shape index (κ3) is 5.81. The van der Waals surface area contributed by atoms with Gasteiger partial charge < -0.3 is 14.8 Å². The lowest BCUT2D eigenvalue weighted by Gasteiger charge is -2.21. The Balaban J connectivity index is 2.41. The monoisotopic (exact) mass is 462 g/mol. The van der Waals surface area contributed by atoms with Crippen molar-refractivity contribution in [2.45, 2.75) is 64.4 Å². The summed E-state index contributed by atoms with van der Waals surface area (Å²) < 4.78 is 39.8. The van der Waals surface area contributed by atoms with Crippen molar-refractivity contribution in [2.75, 3.05) is 14.2 Å². The molecule has 0 bridgehead atoms. The maximum Gasteiger partial charge on any atom is 0.255 e. The number of benzene rings is 2. The van der Waals surface area contributed by atoms with E-state index in [1.165, 1.54) is 25.3 Å². The van der Waals surface area contributed by atoms with E-state index < -0.39 is 22.0 Å². The lowest BCUT2D eigenvalue weighted by molar-refractivity contribution is 0.0940. The smallest absolute Gasteiger partial charge is 0.255 e. The molecule has 2 aromatic rings. The number of rotatable bonds is 9. The van der Waals surface area contributed by atoms with Gasteiger partial charge in [-0.25, -0.2) is 13.1 Å². The summed E-state index contributed by atoms with van der Waals surface area (Å²) in [7, 11) is -0.832. The average molecular weight is 463 g/mol. The molecule has 176 valence electrons. The zero-order chi connectivity index (χ0) is 24.2. The zero-order valence-corrected chi connectivity index (χ0v) is 20.9. The van der Waals surface area contributed by atoms with E-state index >= 15 is 0 Å². The molecule has 0 heterocycles. The zero-order valence-electron chi connectivity index (χ0n) is 20.1. The first-order chi connectivity index (χ1) is 14.9. The quantitative estimate of drug-likeness (QED) is 0.579. The summed E-state index contributed by atoms with van der Waals surface area (Å²) in [6, 6.07) is 7.59. The van der Waals surface area contributed by atoms with Gasteiger partial charge in [-0.15, -0.1) is 0 Å². The van der Waals surface area contributed by atoms with Crippen LogP contribution in [0.1, 0.15) is 73.6 Å². The van der Waals surface area contributed by atoms with Gasteiger partial charge in [0.15, 0.2) is 0 Å². The van der Waals surface area contributed by atoms with Crippen molar-refractivity contribution in [1.29, 1.82) is 0 Å². The molecule has 2 aromatic carbocycles. The van der Waals surface area contributed by atoms with Gasteiger partial charge in [-0.3, -0.25) is 4.79 Å². The van der Waals surface area contributed by atoms with Gasteiger partial charge in [-0.2, -0.15) is 0 Å². The van der Waals surface area contributed by atoms with Crippen LogP contribution in [0.5, 0.6) is 11.5 Å². The highest BCUT2D eigenvalue weighted by Gasteiger charge is 2.24. The largest absolute Gasteiger partial charge is 0.496 e.